The van der Waals surface area contributed by atoms with Crippen LogP contribution in [0.5, 0.6) is 0 Å². The molecule has 0 aliphatic heterocycles. The minimum Gasteiger partial charge on any atom is -0.387 e. The molecule has 1 unspecified atom stereocenters. The average Bonchev–Trinajstić information content (AvgIpc) is 2.03. The second-order valence-corrected chi connectivity index (χ2v) is 2.94. The Balaban J connectivity index is 2.95. The van der Waals surface area contributed by atoms with Gasteiger partial charge in [-0.2, -0.15) is 5.26 Å². The maximum Gasteiger partial charge on any atom is 0.123 e. The van der Waals surface area contributed by atoms with Crippen molar-refractivity contribution < 1.29 is 9.50 Å². The van der Waals surface area contributed by atoms with Gasteiger partial charge in [-0.1, -0.05) is 6.07 Å². The van der Waals surface area contributed by atoms with Gasteiger partial charge >= 0.3 is 0 Å². The number of hydrogen-bond acceptors (Lipinski definition) is 2. The van der Waals surface area contributed by atoms with E-state index in [9.17, 15) is 9.50 Å². The van der Waals surface area contributed by atoms with Crippen LogP contribution in [-0.2, 0) is 0 Å². The number of nitriles is 1. The summed E-state index contributed by atoms with van der Waals surface area (Å²) in [7, 11) is 0. The first-order chi connectivity index (χ1) is 6.13. The first-order valence-corrected chi connectivity index (χ1v) is 3.95. The summed E-state index contributed by atoms with van der Waals surface area (Å²) in [6.07, 6.45) is -0.900. The van der Waals surface area contributed by atoms with Crippen molar-refractivity contribution in [3.8, 4) is 6.07 Å². The molecule has 0 saturated heterocycles. The van der Waals surface area contributed by atoms with Gasteiger partial charge in [0.05, 0.1) is 18.6 Å². The van der Waals surface area contributed by atoms with Gasteiger partial charge in [0.1, 0.15) is 5.82 Å². The van der Waals surface area contributed by atoms with Crippen LogP contribution in [0.2, 0.25) is 0 Å². The zero-order chi connectivity index (χ0) is 9.84. The Kier molecular flexibility index (Phi) is 2.99. The fourth-order valence-corrected chi connectivity index (χ4v) is 1.16. The zero-order valence-electron chi connectivity index (χ0n) is 7.29. The lowest BCUT2D eigenvalue weighted by molar-refractivity contribution is 0.183. The van der Waals surface area contributed by atoms with Crippen molar-refractivity contribution in [3.63, 3.8) is 0 Å². The SMILES string of the molecule is Cc1cc(F)cc(C(O)CC#N)c1. The highest BCUT2D eigenvalue weighted by Gasteiger charge is 2.08. The van der Waals surface area contributed by atoms with Gasteiger partial charge in [0.15, 0.2) is 0 Å². The smallest absolute Gasteiger partial charge is 0.123 e. The molecule has 3 heteroatoms. The van der Waals surface area contributed by atoms with Crippen LogP contribution in [0, 0.1) is 24.1 Å². The third-order valence-electron chi connectivity index (χ3n) is 1.73. The van der Waals surface area contributed by atoms with Crippen LogP contribution in [0.4, 0.5) is 4.39 Å². The van der Waals surface area contributed by atoms with Crippen LogP contribution in [0.25, 0.3) is 0 Å². The first-order valence-electron chi connectivity index (χ1n) is 3.95. The van der Waals surface area contributed by atoms with E-state index >= 15 is 0 Å². The average molecular weight is 179 g/mol. The van der Waals surface area contributed by atoms with E-state index in [1.54, 1.807) is 13.0 Å². The molecular formula is C10H10FNO. The molecule has 0 saturated carbocycles. The molecule has 0 aliphatic rings. The summed E-state index contributed by atoms with van der Waals surface area (Å²) in [6.45, 7) is 1.74. The van der Waals surface area contributed by atoms with E-state index in [-0.39, 0.29) is 12.2 Å². The second-order valence-electron chi connectivity index (χ2n) is 2.94. The lowest BCUT2D eigenvalue weighted by Crippen LogP contribution is -1.97. The highest BCUT2D eigenvalue weighted by molar-refractivity contribution is 5.25. The number of hydrogen-bond donors (Lipinski definition) is 1. The zero-order valence-corrected chi connectivity index (χ0v) is 7.29. The Bertz CT molecular complexity index is 323. The third-order valence-corrected chi connectivity index (χ3v) is 1.73. The maximum atomic E-state index is 12.8. The van der Waals surface area contributed by atoms with Crippen LogP contribution in [0.15, 0.2) is 18.2 Å². The maximum absolute atomic E-state index is 12.8. The molecule has 1 atom stereocenters. The predicted molar refractivity (Wildman–Crippen MR) is 46.3 cm³/mol. The molecule has 0 heterocycles. The summed E-state index contributed by atoms with van der Waals surface area (Å²) in [5.41, 5.74) is 1.20. The van der Waals surface area contributed by atoms with E-state index in [2.05, 4.69) is 0 Å². The number of aliphatic hydroxyl groups is 1. The lowest BCUT2D eigenvalue weighted by atomic mass is 10.0. The summed E-state index contributed by atoms with van der Waals surface area (Å²) in [5, 5.41) is 17.7. The van der Waals surface area contributed by atoms with Gasteiger partial charge in [-0.05, 0) is 30.2 Å². The number of aliphatic hydroxyl groups excluding tert-OH is 1. The van der Waals surface area contributed by atoms with Crippen molar-refractivity contribution in [1.82, 2.24) is 0 Å². The Morgan fingerprint density at radius 2 is 2.23 bits per heavy atom. The fourth-order valence-electron chi connectivity index (χ4n) is 1.16. The van der Waals surface area contributed by atoms with Gasteiger partial charge in [0, 0.05) is 0 Å². The van der Waals surface area contributed by atoms with E-state index < -0.39 is 6.10 Å². The van der Waals surface area contributed by atoms with Crippen molar-refractivity contribution in [2.45, 2.75) is 19.4 Å². The van der Waals surface area contributed by atoms with Gasteiger partial charge in [0.2, 0.25) is 0 Å². The van der Waals surface area contributed by atoms with Crippen LogP contribution >= 0.6 is 0 Å². The van der Waals surface area contributed by atoms with E-state index in [0.29, 0.717) is 5.56 Å². The number of benzene rings is 1. The van der Waals surface area contributed by atoms with Gasteiger partial charge in [-0.3, -0.25) is 0 Å². The quantitative estimate of drug-likeness (QED) is 0.755. The minimum absolute atomic E-state index is 0.0110. The topological polar surface area (TPSA) is 44.0 Å². The molecule has 68 valence electrons. The molecule has 0 radical (unpaired) electrons. The van der Waals surface area contributed by atoms with Crippen LogP contribution < -0.4 is 0 Å². The largest absolute Gasteiger partial charge is 0.387 e. The van der Waals surface area contributed by atoms with Gasteiger partial charge in [0.25, 0.3) is 0 Å². The molecule has 0 spiro atoms. The van der Waals surface area contributed by atoms with Crippen molar-refractivity contribution in [2.24, 2.45) is 0 Å². The third kappa shape index (κ3) is 2.53. The molecule has 0 fully saturated rings. The number of halogens is 1. The molecule has 2 nitrogen and oxygen atoms in total. The number of aryl methyl sites for hydroxylation is 1. The van der Waals surface area contributed by atoms with E-state index in [0.717, 1.165) is 5.56 Å². The molecule has 0 amide bonds. The molecular weight excluding hydrogens is 169 g/mol. The molecule has 0 aliphatic carbocycles. The monoisotopic (exact) mass is 179 g/mol. The summed E-state index contributed by atoms with van der Waals surface area (Å²) in [4.78, 5) is 0. The second kappa shape index (κ2) is 4.01. The Morgan fingerprint density at radius 3 is 2.77 bits per heavy atom. The Hall–Kier alpha value is -1.40. The van der Waals surface area contributed by atoms with Gasteiger partial charge in [-0.15, -0.1) is 0 Å². The summed E-state index contributed by atoms with van der Waals surface area (Å²) >= 11 is 0. The molecule has 0 bridgehead atoms. The number of nitrogens with zero attached hydrogens (tertiary/aromatic N) is 1. The fraction of sp³-hybridized carbons (Fsp3) is 0.300. The predicted octanol–water partition coefficient (Wildman–Crippen LogP) is 2.08. The normalized spacial score (nSPS) is 12.2. The molecule has 1 N–H and O–H groups in total. The van der Waals surface area contributed by atoms with E-state index in [4.69, 9.17) is 5.26 Å². The molecule has 0 aromatic heterocycles. The van der Waals surface area contributed by atoms with Crippen LogP contribution in [0.1, 0.15) is 23.7 Å². The highest BCUT2D eigenvalue weighted by atomic mass is 19.1. The lowest BCUT2D eigenvalue weighted by Gasteiger charge is -2.07. The number of rotatable bonds is 2. The highest BCUT2D eigenvalue weighted by Crippen LogP contribution is 2.18. The Morgan fingerprint density at radius 1 is 1.54 bits per heavy atom. The van der Waals surface area contributed by atoms with Gasteiger partial charge in [-0.25, -0.2) is 4.39 Å². The standard InChI is InChI=1S/C10H10FNO/c1-7-4-8(6-9(11)5-7)10(13)2-3-12/h4-6,10,13H,2H2,1H3. The molecule has 1 rings (SSSR count). The Labute approximate surface area is 76.2 Å². The molecule has 13 heavy (non-hydrogen) atoms. The summed E-state index contributed by atoms with van der Waals surface area (Å²) in [5.74, 6) is -0.382. The molecule has 1 aromatic carbocycles. The van der Waals surface area contributed by atoms with Crippen molar-refractivity contribution in [3.05, 3.63) is 35.1 Å². The van der Waals surface area contributed by atoms with Crippen LogP contribution in [0.3, 0.4) is 0 Å². The van der Waals surface area contributed by atoms with Crippen molar-refractivity contribution >= 4 is 0 Å². The van der Waals surface area contributed by atoms with Crippen LogP contribution in [-0.4, -0.2) is 5.11 Å². The first kappa shape index (κ1) is 9.69. The summed E-state index contributed by atoms with van der Waals surface area (Å²) in [6, 6.07) is 6.13. The van der Waals surface area contributed by atoms with E-state index in [1.807, 2.05) is 6.07 Å². The van der Waals surface area contributed by atoms with Crippen molar-refractivity contribution in [1.29, 1.82) is 5.26 Å². The minimum atomic E-state index is -0.889. The van der Waals surface area contributed by atoms with Crippen molar-refractivity contribution in [2.75, 3.05) is 0 Å². The molecule has 1 aromatic rings. The van der Waals surface area contributed by atoms with E-state index in [1.165, 1.54) is 12.1 Å². The van der Waals surface area contributed by atoms with Gasteiger partial charge < -0.3 is 5.11 Å². The summed E-state index contributed by atoms with van der Waals surface area (Å²) < 4.78 is 12.8.